The van der Waals surface area contributed by atoms with Gasteiger partial charge in [-0.1, -0.05) is 0 Å². The van der Waals surface area contributed by atoms with Gasteiger partial charge in [-0.05, 0) is 53.4 Å². The van der Waals surface area contributed by atoms with Crippen molar-refractivity contribution in [1.29, 1.82) is 0 Å². The van der Waals surface area contributed by atoms with Crippen molar-refractivity contribution in [2.75, 3.05) is 45.5 Å². The second-order valence-electron chi connectivity index (χ2n) is 8.89. The van der Waals surface area contributed by atoms with Crippen molar-refractivity contribution in [1.82, 2.24) is 15.1 Å². The number of piperidine rings is 1. The molecule has 1 atom stereocenters. The highest BCUT2D eigenvalue weighted by Crippen LogP contribution is 2.29. The van der Waals surface area contributed by atoms with E-state index in [1.165, 1.54) is 0 Å². The minimum Gasteiger partial charge on any atom is -0.444 e. The molecule has 2 aliphatic heterocycles. The standard InChI is InChI=1S/C19H36N4O2S.HI/c1-18(2,3)25-17(24)22-9-7-8-15(13-22)12-21-16(20-6)23-10-11-26-19(4,5)14-23;/h15H,7-14H2,1-6H3,(H,20,21);1H. The molecule has 6 nitrogen and oxygen atoms in total. The van der Waals surface area contributed by atoms with Gasteiger partial charge in [-0.2, -0.15) is 11.8 Å². The molecule has 27 heavy (non-hydrogen) atoms. The zero-order valence-corrected chi connectivity index (χ0v) is 20.9. The molecule has 2 fully saturated rings. The molecule has 0 bridgehead atoms. The number of amides is 1. The summed E-state index contributed by atoms with van der Waals surface area (Å²) in [6.07, 6.45) is 1.96. The van der Waals surface area contributed by atoms with E-state index in [1.54, 1.807) is 0 Å². The van der Waals surface area contributed by atoms with Crippen LogP contribution < -0.4 is 5.32 Å². The minimum atomic E-state index is -0.441. The molecular formula is C19H37IN4O2S. The Balaban J connectivity index is 0.00000364. The summed E-state index contributed by atoms with van der Waals surface area (Å²) in [5, 5.41) is 3.54. The summed E-state index contributed by atoms with van der Waals surface area (Å²) < 4.78 is 5.78. The second kappa shape index (κ2) is 10.4. The number of guanidine groups is 1. The number of hydrogen-bond donors (Lipinski definition) is 1. The molecule has 0 radical (unpaired) electrons. The van der Waals surface area contributed by atoms with Crippen molar-refractivity contribution in [2.24, 2.45) is 10.9 Å². The van der Waals surface area contributed by atoms with Crippen molar-refractivity contribution in [3.8, 4) is 0 Å². The lowest BCUT2D eigenvalue weighted by Gasteiger charge is -2.40. The Labute approximate surface area is 186 Å². The molecule has 1 N–H and O–H groups in total. The molecular weight excluding hydrogens is 475 g/mol. The normalized spacial score (nSPS) is 23.5. The molecule has 2 heterocycles. The number of hydrogen-bond acceptors (Lipinski definition) is 4. The van der Waals surface area contributed by atoms with Crippen molar-refractivity contribution >= 4 is 47.8 Å². The van der Waals surface area contributed by atoms with Crippen molar-refractivity contribution in [3.63, 3.8) is 0 Å². The molecule has 2 aliphatic rings. The van der Waals surface area contributed by atoms with Gasteiger partial charge in [0.15, 0.2) is 5.96 Å². The number of aliphatic imine (C=N–C) groups is 1. The fourth-order valence-electron chi connectivity index (χ4n) is 3.49. The molecule has 0 aromatic rings. The quantitative estimate of drug-likeness (QED) is 0.348. The van der Waals surface area contributed by atoms with E-state index in [-0.39, 0.29) is 34.8 Å². The smallest absolute Gasteiger partial charge is 0.410 e. The molecule has 1 unspecified atom stereocenters. The number of rotatable bonds is 2. The number of nitrogens with one attached hydrogen (secondary N) is 1. The van der Waals surface area contributed by atoms with Crippen LogP contribution in [0.15, 0.2) is 4.99 Å². The fourth-order valence-corrected chi connectivity index (χ4v) is 4.60. The second-order valence-corrected chi connectivity index (χ2v) is 10.7. The van der Waals surface area contributed by atoms with E-state index in [9.17, 15) is 4.79 Å². The zero-order chi connectivity index (χ0) is 19.4. The molecule has 0 aromatic heterocycles. The van der Waals surface area contributed by atoms with Crippen LogP contribution in [0.25, 0.3) is 0 Å². The van der Waals surface area contributed by atoms with Gasteiger partial charge in [0.1, 0.15) is 5.60 Å². The Morgan fingerprint density at radius 1 is 1.30 bits per heavy atom. The lowest BCUT2D eigenvalue weighted by atomic mass is 9.98. The van der Waals surface area contributed by atoms with Crippen LogP contribution in [-0.4, -0.2) is 77.7 Å². The maximum absolute atomic E-state index is 12.3. The molecule has 2 rings (SSSR count). The van der Waals surface area contributed by atoms with Gasteiger partial charge in [-0.3, -0.25) is 4.99 Å². The lowest BCUT2D eigenvalue weighted by molar-refractivity contribution is 0.0168. The molecule has 2 saturated heterocycles. The number of carbonyl (C=O) groups is 1. The van der Waals surface area contributed by atoms with E-state index in [4.69, 9.17) is 4.74 Å². The van der Waals surface area contributed by atoms with Gasteiger partial charge in [0.25, 0.3) is 0 Å². The predicted molar refractivity (Wildman–Crippen MR) is 125 cm³/mol. The average Bonchev–Trinajstić information content (AvgIpc) is 2.53. The third-order valence-corrected chi connectivity index (χ3v) is 5.95. The van der Waals surface area contributed by atoms with Crippen molar-refractivity contribution in [2.45, 2.75) is 57.8 Å². The van der Waals surface area contributed by atoms with Gasteiger partial charge in [-0.15, -0.1) is 24.0 Å². The number of halogens is 1. The summed E-state index contributed by atoms with van der Waals surface area (Å²) >= 11 is 2.02. The number of thioether (sulfide) groups is 1. The maximum atomic E-state index is 12.3. The minimum absolute atomic E-state index is 0. The van der Waals surface area contributed by atoms with Crippen LogP contribution in [0.3, 0.4) is 0 Å². The van der Waals surface area contributed by atoms with Crippen LogP contribution in [0.5, 0.6) is 0 Å². The first kappa shape index (κ1) is 24.7. The third kappa shape index (κ3) is 8.25. The Morgan fingerprint density at radius 2 is 2.00 bits per heavy atom. The fraction of sp³-hybridized carbons (Fsp3) is 0.895. The average molecular weight is 513 g/mol. The summed E-state index contributed by atoms with van der Waals surface area (Å²) in [5.74, 6) is 2.54. The van der Waals surface area contributed by atoms with Crippen molar-refractivity contribution < 1.29 is 9.53 Å². The molecule has 8 heteroatoms. The lowest BCUT2D eigenvalue weighted by Crippen LogP contribution is -2.52. The summed E-state index contributed by atoms with van der Waals surface area (Å²) in [6, 6.07) is 0. The molecule has 0 aliphatic carbocycles. The molecule has 1 amide bonds. The monoisotopic (exact) mass is 512 g/mol. The first-order valence-corrected chi connectivity index (χ1v) is 10.7. The van der Waals surface area contributed by atoms with Gasteiger partial charge in [-0.25, -0.2) is 4.79 Å². The van der Waals surface area contributed by atoms with E-state index in [1.807, 2.05) is 44.5 Å². The summed E-state index contributed by atoms with van der Waals surface area (Å²) in [5.41, 5.74) is -0.441. The van der Waals surface area contributed by atoms with E-state index in [0.29, 0.717) is 5.92 Å². The van der Waals surface area contributed by atoms with Crippen LogP contribution in [-0.2, 0) is 4.74 Å². The summed E-state index contributed by atoms with van der Waals surface area (Å²) in [6.45, 7) is 14.7. The Bertz CT molecular complexity index is 522. The van der Waals surface area contributed by atoms with Crippen molar-refractivity contribution in [3.05, 3.63) is 0 Å². The first-order valence-electron chi connectivity index (χ1n) is 9.67. The zero-order valence-electron chi connectivity index (χ0n) is 17.7. The molecule has 0 saturated carbocycles. The number of carbonyl (C=O) groups excluding carboxylic acids is 1. The highest BCUT2D eigenvalue weighted by molar-refractivity contribution is 14.0. The van der Waals surface area contributed by atoms with Gasteiger partial charge < -0.3 is 19.9 Å². The predicted octanol–water partition coefficient (Wildman–Crippen LogP) is 3.65. The van der Waals surface area contributed by atoms with Crippen LogP contribution in [0, 0.1) is 5.92 Å². The first-order chi connectivity index (χ1) is 12.1. The Hall–Kier alpha value is -0.380. The number of nitrogens with zero attached hydrogens (tertiary/aromatic N) is 3. The summed E-state index contributed by atoms with van der Waals surface area (Å²) in [7, 11) is 1.85. The third-order valence-electron chi connectivity index (χ3n) is 4.66. The molecule has 158 valence electrons. The molecule has 0 spiro atoms. The van der Waals surface area contributed by atoms with Gasteiger partial charge in [0.05, 0.1) is 0 Å². The van der Waals surface area contributed by atoms with Gasteiger partial charge in [0.2, 0.25) is 0 Å². The number of likely N-dealkylation sites (tertiary alicyclic amines) is 1. The summed E-state index contributed by atoms with van der Waals surface area (Å²) in [4.78, 5) is 21.0. The Kier molecular flexibility index (Phi) is 9.51. The number of ether oxygens (including phenoxy) is 1. The van der Waals surface area contributed by atoms with E-state index < -0.39 is 5.60 Å². The van der Waals surface area contributed by atoms with E-state index in [2.05, 4.69) is 29.1 Å². The Morgan fingerprint density at radius 3 is 2.59 bits per heavy atom. The highest BCUT2D eigenvalue weighted by atomic mass is 127. The highest BCUT2D eigenvalue weighted by Gasteiger charge is 2.30. The van der Waals surface area contributed by atoms with E-state index in [0.717, 1.165) is 57.3 Å². The topological polar surface area (TPSA) is 57.2 Å². The van der Waals surface area contributed by atoms with E-state index >= 15 is 0 Å². The van der Waals surface area contributed by atoms with Gasteiger partial charge >= 0.3 is 6.09 Å². The van der Waals surface area contributed by atoms with Crippen LogP contribution in [0.2, 0.25) is 0 Å². The van der Waals surface area contributed by atoms with Gasteiger partial charge in [0, 0.05) is 50.3 Å². The molecule has 0 aromatic carbocycles. The SMILES string of the molecule is CN=C(NCC1CCCN(C(=O)OC(C)(C)C)C1)N1CCSC(C)(C)C1.I. The van der Waals surface area contributed by atoms with Crippen LogP contribution in [0.1, 0.15) is 47.5 Å². The largest absolute Gasteiger partial charge is 0.444 e. The maximum Gasteiger partial charge on any atom is 0.410 e. The van der Waals surface area contributed by atoms with Crippen LogP contribution in [0.4, 0.5) is 4.79 Å². The van der Waals surface area contributed by atoms with Crippen LogP contribution >= 0.6 is 35.7 Å².